The average Bonchev–Trinajstić information content (AvgIpc) is 3.36. The first-order valence-corrected chi connectivity index (χ1v) is 17.7. The molecule has 1 spiro atoms. The van der Waals surface area contributed by atoms with Crippen LogP contribution in [0.5, 0.6) is 0 Å². The van der Waals surface area contributed by atoms with Crippen LogP contribution in [0.25, 0.3) is 0 Å². The van der Waals surface area contributed by atoms with Crippen LogP contribution in [0.3, 0.4) is 0 Å². The van der Waals surface area contributed by atoms with E-state index in [9.17, 15) is 25.5 Å². The lowest BCUT2D eigenvalue weighted by Crippen LogP contribution is -2.66. The Morgan fingerprint density at radius 1 is 0.978 bits per heavy atom. The molecule has 6 rings (SSSR count). The van der Waals surface area contributed by atoms with Crippen LogP contribution in [-0.4, -0.2) is 93.6 Å². The number of hydrogen-bond donors (Lipinski definition) is 5. The normalized spacial score (nSPS) is 51.9. The SMILES string of the molecule is CO[C@@H]1O[C@]23C=C[C@@H]4[C@@]1(CC[C@]1(C)[C@@H]([C@H](C)C/C=C/C(C)(C)O)CC[C@@]41C)[C@@H]2CC[C@H](O[C@@H]1O[C@H](CO)[C@@H](O)[C@H](O)[C@H]1O)C3(C)C. The summed E-state index contributed by atoms with van der Waals surface area (Å²) in [6.45, 7) is 14.9. The minimum atomic E-state index is -1.49. The Morgan fingerprint density at radius 3 is 2.35 bits per heavy atom. The van der Waals surface area contributed by atoms with Crippen LogP contribution in [0.4, 0.5) is 0 Å². The van der Waals surface area contributed by atoms with Gasteiger partial charge in [0.25, 0.3) is 0 Å². The zero-order valence-corrected chi connectivity index (χ0v) is 29.2. The molecule has 3 saturated carbocycles. The molecule has 9 nitrogen and oxygen atoms in total. The van der Waals surface area contributed by atoms with E-state index in [0.717, 1.165) is 38.5 Å². The van der Waals surface area contributed by atoms with Gasteiger partial charge in [-0.3, -0.25) is 0 Å². The molecule has 9 heteroatoms. The summed E-state index contributed by atoms with van der Waals surface area (Å²) in [5.41, 5.74) is -1.94. The minimum absolute atomic E-state index is 0.0745. The molecule has 6 aliphatic rings. The van der Waals surface area contributed by atoms with Gasteiger partial charge in [-0.1, -0.05) is 58.9 Å². The highest BCUT2D eigenvalue weighted by Gasteiger charge is 2.78. The first-order valence-electron chi connectivity index (χ1n) is 17.7. The van der Waals surface area contributed by atoms with Gasteiger partial charge in [-0.2, -0.15) is 0 Å². The maximum Gasteiger partial charge on any atom is 0.186 e. The van der Waals surface area contributed by atoms with Gasteiger partial charge in [0, 0.05) is 23.9 Å². The molecule has 46 heavy (non-hydrogen) atoms. The molecular weight excluding hydrogens is 588 g/mol. The van der Waals surface area contributed by atoms with Crippen molar-refractivity contribution in [3.63, 3.8) is 0 Å². The van der Waals surface area contributed by atoms with Crippen molar-refractivity contribution in [1.82, 2.24) is 0 Å². The second-order valence-electron chi connectivity index (χ2n) is 17.4. The van der Waals surface area contributed by atoms with E-state index in [0.29, 0.717) is 17.8 Å². The Balaban J connectivity index is 1.30. The van der Waals surface area contributed by atoms with E-state index >= 15 is 0 Å². The van der Waals surface area contributed by atoms with Gasteiger partial charge < -0.3 is 44.5 Å². The van der Waals surface area contributed by atoms with Gasteiger partial charge in [0.1, 0.15) is 30.0 Å². The Kier molecular flexibility index (Phi) is 8.81. The van der Waals surface area contributed by atoms with Crippen molar-refractivity contribution in [3.8, 4) is 0 Å². The van der Waals surface area contributed by atoms with Crippen molar-refractivity contribution in [1.29, 1.82) is 0 Å². The first-order chi connectivity index (χ1) is 21.4. The van der Waals surface area contributed by atoms with Crippen molar-refractivity contribution >= 4 is 0 Å². The van der Waals surface area contributed by atoms with Crippen LogP contribution in [0.2, 0.25) is 0 Å². The smallest absolute Gasteiger partial charge is 0.186 e. The van der Waals surface area contributed by atoms with Crippen LogP contribution in [0.15, 0.2) is 24.3 Å². The minimum Gasteiger partial charge on any atom is -0.394 e. The molecule has 15 atom stereocenters. The summed E-state index contributed by atoms with van der Waals surface area (Å²) in [6, 6.07) is 0. The molecule has 4 aliphatic carbocycles. The average molecular weight is 649 g/mol. The number of rotatable bonds is 8. The molecule has 0 aromatic rings. The molecule has 5 fully saturated rings. The predicted octanol–water partition coefficient (Wildman–Crippen LogP) is 4.09. The molecular formula is C37H60O9. The molecule has 0 radical (unpaired) electrons. The fourth-order valence-electron chi connectivity index (χ4n) is 11.8. The molecule has 2 bridgehead atoms. The fraction of sp³-hybridized carbons (Fsp3) is 0.892. The second kappa shape index (κ2) is 11.6. The standard InChI is InChI=1S/C37H60O9/c1-21(10-9-15-32(2,3)42)22-13-16-35(7)24-14-17-37-25(36(24,31(43-8)46-37)19-18-34(22,35)6)11-12-26(33(37,4)5)45-30-29(41)28(40)27(39)23(20-38)44-30/h9,14-15,17,21-31,38-42H,10-13,16,18-20H2,1-8H3/b15-9+/t21-,22-,23-,24+,25+,26+,27-,28+,29-,30+,31-,34-,35+,36+,37-/m1/s1. The molecule has 2 heterocycles. The van der Waals surface area contributed by atoms with Crippen molar-refractivity contribution in [2.45, 2.75) is 148 Å². The highest BCUT2D eigenvalue weighted by atomic mass is 16.7. The summed E-state index contributed by atoms with van der Waals surface area (Å²) in [5.74, 6) is 1.62. The number of methoxy groups -OCH3 is 1. The first kappa shape index (κ1) is 35.0. The Bertz CT molecular complexity index is 1190. The highest BCUT2D eigenvalue weighted by Crippen LogP contribution is 2.79. The third-order valence-corrected chi connectivity index (χ3v) is 14.5. The van der Waals surface area contributed by atoms with E-state index in [2.05, 4.69) is 52.8 Å². The summed E-state index contributed by atoms with van der Waals surface area (Å²) in [4.78, 5) is 0. The number of hydrogen-bond acceptors (Lipinski definition) is 9. The molecule has 0 amide bonds. The maximum atomic E-state index is 10.8. The van der Waals surface area contributed by atoms with Crippen molar-refractivity contribution in [2.24, 2.45) is 45.3 Å². The third kappa shape index (κ3) is 4.73. The Labute approximate surface area is 275 Å². The van der Waals surface area contributed by atoms with Crippen LogP contribution in [0.1, 0.15) is 93.4 Å². The van der Waals surface area contributed by atoms with Crippen molar-refractivity contribution < 1.29 is 44.5 Å². The highest BCUT2D eigenvalue weighted by molar-refractivity contribution is 5.34. The van der Waals surface area contributed by atoms with Crippen LogP contribution < -0.4 is 0 Å². The van der Waals surface area contributed by atoms with Crippen molar-refractivity contribution in [2.75, 3.05) is 13.7 Å². The van der Waals surface area contributed by atoms with Gasteiger partial charge in [-0.15, -0.1) is 0 Å². The van der Waals surface area contributed by atoms with E-state index in [1.165, 1.54) is 6.42 Å². The summed E-state index contributed by atoms with van der Waals surface area (Å²) < 4.78 is 25.7. The quantitative estimate of drug-likeness (QED) is 0.247. The van der Waals surface area contributed by atoms with E-state index in [4.69, 9.17) is 18.9 Å². The molecule has 2 saturated heterocycles. The number of aliphatic hydroxyl groups is 5. The number of fused-ring (bicyclic) bond motifs is 2. The van der Waals surface area contributed by atoms with E-state index < -0.39 is 53.9 Å². The maximum absolute atomic E-state index is 10.8. The zero-order chi connectivity index (χ0) is 33.7. The van der Waals surface area contributed by atoms with Crippen LogP contribution >= 0.6 is 0 Å². The topological polar surface area (TPSA) is 138 Å². The van der Waals surface area contributed by atoms with Gasteiger partial charge in [0.05, 0.1) is 18.3 Å². The third-order valence-electron chi connectivity index (χ3n) is 14.5. The van der Waals surface area contributed by atoms with E-state index in [1.807, 2.05) is 19.9 Å². The molecule has 0 unspecified atom stereocenters. The van der Waals surface area contributed by atoms with Crippen LogP contribution in [-0.2, 0) is 18.9 Å². The lowest BCUT2D eigenvalue weighted by Gasteiger charge is -2.65. The Hall–Kier alpha value is -0.880. The predicted molar refractivity (Wildman–Crippen MR) is 172 cm³/mol. The number of aliphatic hydroxyl groups excluding tert-OH is 4. The summed E-state index contributed by atoms with van der Waals surface area (Å²) >= 11 is 0. The number of ether oxygens (including phenoxy) is 4. The second-order valence-corrected chi connectivity index (χ2v) is 17.4. The monoisotopic (exact) mass is 648 g/mol. The van der Waals surface area contributed by atoms with Gasteiger partial charge >= 0.3 is 0 Å². The fourth-order valence-corrected chi connectivity index (χ4v) is 11.8. The summed E-state index contributed by atoms with van der Waals surface area (Å²) in [7, 11) is 1.78. The lowest BCUT2D eigenvalue weighted by molar-refractivity contribution is -0.331. The lowest BCUT2D eigenvalue weighted by atomic mass is 9.38. The van der Waals surface area contributed by atoms with Gasteiger partial charge in [-0.05, 0) is 87.4 Å². The Morgan fingerprint density at radius 2 is 1.70 bits per heavy atom. The van der Waals surface area contributed by atoms with Gasteiger partial charge in [0.15, 0.2) is 12.6 Å². The molecule has 5 N–H and O–H groups in total. The van der Waals surface area contributed by atoms with Gasteiger partial charge in [-0.25, -0.2) is 0 Å². The largest absolute Gasteiger partial charge is 0.394 e. The zero-order valence-electron chi connectivity index (χ0n) is 29.2. The van der Waals surface area contributed by atoms with E-state index in [-0.39, 0.29) is 34.6 Å². The summed E-state index contributed by atoms with van der Waals surface area (Å²) in [6.07, 6.45) is 8.60. The van der Waals surface area contributed by atoms with Crippen LogP contribution in [0, 0.1) is 45.3 Å². The van der Waals surface area contributed by atoms with Crippen molar-refractivity contribution in [3.05, 3.63) is 24.3 Å². The molecule has 0 aromatic heterocycles. The molecule has 262 valence electrons. The summed E-state index contributed by atoms with van der Waals surface area (Å²) in [5, 5.41) is 51.5. The van der Waals surface area contributed by atoms with Gasteiger partial charge in [0.2, 0.25) is 0 Å². The molecule has 0 aromatic carbocycles. The number of allylic oxidation sites excluding steroid dienone is 2. The molecule has 2 aliphatic heterocycles. The van der Waals surface area contributed by atoms with E-state index in [1.54, 1.807) is 7.11 Å².